The number of ether oxygens (including phenoxy) is 2. The number of hydrogen-bond acceptors (Lipinski definition) is 9. The standard InChI is InChI=1S/C23H20N6O5/c1-14-27-28-20(34-14)18-6-3-15(10-24-18)7-8-23(21(30)25-22(31)26-23)12-29-11-16-4-5-17(32-2)9-19(16)33-13-29/h3-6,9-10H,11-13H2,1-2H3,(H2,25,26,30,31). The molecule has 0 radical (unpaired) electrons. The molecule has 3 amide bonds. The minimum absolute atomic E-state index is 0.135. The van der Waals surface area contributed by atoms with Gasteiger partial charge in [0.15, 0.2) is 5.54 Å². The molecular weight excluding hydrogens is 440 g/mol. The topological polar surface area (TPSA) is 132 Å². The molecule has 2 N–H and O–H groups in total. The van der Waals surface area contributed by atoms with Gasteiger partial charge in [-0.1, -0.05) is 17.9 Å². The third-order valence-corrected chi connectivity index (χ3v) is 5.40. The van der Waals surface area contributed by atoms with Crippen molar-refractivity contribution < 1.29 is 23.5 Å². The Balaban J connectivity index is 1.37. The Labute approximate surface area is 194 Å². The summed E-state index contributed by atoms with van der Waals surface area (Å²) in [5.74, 6) is 7.54. The van der Waals surface area contributed by atoms with E-state index in [0.29, 0.717) is 35.3 Å². The fourth-order valence-electron chi connectivity index (χ4n) is 3.71. The van der Waals surface area contributed by atoms with Crippen LogP contribution >= 0.6 is 0 Å². The van der Waals surface area contributed by atoms with Gasteiger partial charge in [0.05, 0.1) is 7.11 Å². The van der Waals surface area contributed by atoms with Crippen LogP contribution in [0.25, 0.3) is 11.6 Å². The third-order valence-electron chi connectivity index (χ3n) is 5.40. The molecule has 172 valence electrons. The first-order valence-electron chi connectivity index (χ1n) is 10.4. The van der Waals surface area contributed by atoms with Crippen LogP contribution in [0.4, 0.5) is 4.79 Å². The Bertz CT molecular complexity index is 1330. The van der Waals surface area contributed by atoms with Crippen molar-refractivity contribution in [1.29, 1.82) is 0 Å². The summed E-state index contributed by atoms with van der Waals surface area (Å²) in [6.45, 7) is 2.58. The van der Waals surface area contributed by atoms with Gasteiger partial charge >= 0.3 is 6.03 Å². The van der Waals surface area contributed by atoms with E-state index >= 15 is 0 Å². The summed E-state index contributed by atoms with van der Waals surface area (Å²) in [6, 6.07) is 8.40. The van der Waals surface area contributed by atoms with E-state index in [4.69, 9.17) is 13.9 Å². The van der Waals surface area contributed by atoms with Crippen LogP contribution in [0.5, 0.6) is 11.5 Å². The number of imide groups is 1. The van der Waals surface area contributed by atoms with Crippen LogP contribution in [0.3, 0.4) is 0 Å². The van der Waals surface area contributed by atoms with E-state index in [1.807, 2.05) is 23.1 Å². The maximum Gasteiger partial charge on any atom is 0.323 e. The molecule has 2 aliphatic heterocycles. The number of aryl methyl sites for hydroxylation is 1. The molecule has 3 aromatic rings. The van der Waals surface area contributed by atoms with Crippen molar-refractivity contribution in [3.05, 3.63) is 53.5 Å². The van der Waals surface area contributed by atoms with Crippen LogP contribution in [-0.2, 0) is 11.3 Å². The number of amides is 3. The molecule has 1 aromatic carbocycles. The number of nitrogens with one attached hydrogen (secondary N) is 2. The molecule has 1 unspecified atom stereocenters. The van der Waals surface area contributed by atoms with Crippen LogP contribution in [0.2, 0.25) is 0 Å². The summed E-state index contributed by atoms with van der Waals surface area (Å²) in [7, 11) is 1.59. The van der Waals surface area contributed by atoms with Crippen molar-refractivity contribution in [2.24, 2.45) is 0 Å². The lowest BCUT2D eigenvalue weighted by molar-refractivity contribution is -0.123. The summed E-state index contributed by atoms with van der Waals surface area (Å²) in [5, 5.41) is 12.7. The number of hydrogen-bond donors (Lipinski definition) is 2. The SMILES string of the molecule is COc1ccc2c(c1)OCN(CC1(C#Cc3ccc(-c4nnc(C)o4)nc3)NC(=O)NC1=O)C2. The molecule has 11 heteroatoms. The van der Waals surface area contributed by atoms with Gasteiger partial charge in [-0.3, -0.25) is 15.0 Å². The van der Waals surface area contributed by atoms with E-state index in [0.717, 1.165) is 11.3 Å². The third kappa shape index (κ3) is 4.14. The van der Waals surface area contributed by atoms with Crippen molar-refractivity contribution in [3.8, 4) is 34.9 Å². The Hall–Kier alpha value is -4.43. The molecule has 2 aliphatic rings. The van der Waals surface area contributed by atoms with Crippen LogP contribution < -0.4 is 20.1 Å². The predicted octanol–water partition coefficient (Wildman–Crippen LogP) is 1.23. The first-order chi connectivity index (χ1) is 16.4. The first-order valence-corrected chi connectivity index (χ1v) is 10.4. The highest BCUT2D eigenvalue weighted by Gasteiger charge is 2.47. The fourth-order valence-corrected chi connectivity index (χ4v) is 3.71. The van der Waals surface area contributed by atoms with Crippen molar-refractivity contribution in [1.82, 2.24) is 30.7 Å². The highest BCUT2D eigenvalue weighted by molar-refractivity contribution is 6.09. The molecule has 34 heavy (non-hydrogen) atoms. The minimum Gasteiger partial charge on any atom is -0.497 e. The van der Waals surface area contributed by atoms with Crippen LogP contribution in [0, 0.1) is 18.8 Å². The lowest BCUT2D eigenvalue weighted by atomic mass is 9.98. The number of carbonyl (C=O) groups is 2. The molecule has 2 aromatic heterocycles. The highest BCUT2D eigenvalue weighted by atomic mass is 16.5. The second-order valence-electron chi connectivity index (χ2n) is 7.86. The first kappa shape index (κ1) is 21.4. The van der Waals surface area contributed by atoms with E-state index in [1.165, 1.54) is 6.20 Å². The molecule has 1 atom stereocenters. The maximum absolute atomic E-state index is 12.7. The normalized spacial score (nSPS) is 19.4. The molecule has 0 spiro atoms. The molecule has 4 heterocycles. The van der Waals surface area contributed by atoms with Crippen LogP contribution in [0.1, 0.15) is 17.0 Å². The van der Waals surface area contributed by atoms with Gasteiger partial charge in [0.2, 0.25) is 5.89 Å². The Morgan fingerprint density at radius 2 is 2.12 bits per heavy atom. The number of methoxy groups -OCH3 is 1. The number of carbonyl (C=O) groups excluding carboxylic acids is 2. The number of pyridine rings is 1. The molecule has 0 bridgehead atoms. The summed E-state index contributed by atoms with van der Waals surface area (Å²) < 4.78 is 16.4. The van der Waals surface area contributed by atoms with Gasteiger partial charge in [-0.2, -0.15) is 0 Å². The zero-order chi connectivity index (χ0) is 23.7. The fraction of sp³-hybridized carbons (Fsp3) is 0.261. The summed E-state index contributed by atoms with van der Waals surface area (Å²) in [4.78, 5) is 30.9. The quantitative estimate of drug-likeness (QED) is 0.436. The smallest absolute Gasteiger partial charge is 0.323 e. The Morgan fingerprint density at radius 3 is 2.79 bits per heavy atom. The predicted molar refractivity (Wildman–Crippen MR) is 117 cm³/mol. The maximum atomic E-state index is 12.7. The molecule has 11 nitrogen and oxygen atoms in total. The van der Waals surface area contributed by atoms with Crippen molar-refractivity contribution in [3.63, 3.8) is 0 Å². The largest absolute Gasteiger partial charge is 0.497 e. The molecule has 0 aliphatic carbocycles. The number of urea groups is 1. The van der Waals surface area contributed by atoms with Gasteiger partial charge < -0.3 is 19.2 Å². The van der Waals surface area contributed by atoms with Gasteiger partial charge in [-0.25, -0.2) is 9.78 Å². The highest BCUT2D eigenvalue weighted by Crippen LogP contribution is 2.30. The number of benzene rings is 1. The van der Waals surface area contributed by atoms with Crippen molar-refractivity contribution in [2.45, 2.75) is 19.0 Å². The Kier molecular flexibility index (Phi) is 5.35. The number of nitrogens with zero attached hydrogens (tertiary/aromatic N) is 4. The van der Waals surface area contributed by atoms with E-state index < -0.39 is 17.5 Å². The molecule has 1 fully saturated rings. The zero-order valence-electron chi connectivity index (χ0n) is 18.4. The van der Waals surface area contributed by atoms with Crippen molar-refractivity contribution >= 4 is 11.9 Å². The van der Waals surface area contributed by atoms with Gasteiger partial charge in [0, 0.05) is 43.4 Å². The van der Waals surface area contributed by atoms with Gasteiger partial charge in [0.25, 0.3) is 11.8 Å². The summed E-state index contributed by atoms with van der Waals surface area (Å²) in [6.07, 6.45) is 1.54. The molecular formula is C23H20N6O5. The lowest BCUT2D eigenvalue weighted by Crippen LogP contribution is -2.55. The lowest BCUT2D eigenvalue weighted by Gasteiger charge is -2.33. The Morgan fingerprint density at radius 1 is 1.24 bits per heavy atom. The van der Waals surface area contributed by atoms with Crippen LogP contribution in [-0.4, -0.2) is 57.9 Å². The van der Waals surface area contributed by atoms with Gasteiger partial charge in [-0.15, -0.1) is 10.2 Å². The molecule has 1 saturated heterocycles. The minimum atomic E-state index is -1.44. The average molecular weight is 460 g/mol. The summed E-state index contributed by atoms with van der Waals surface area (Å²) >= 11 is 0. The molecule has 0 saturated carbocycles. The number of fused-ring (bicyclic) bond motifs is 1. The van der Waals surface area contributed by atoms with E-state index in [2.05, 4.69) is 37.7 Å². The van der Waals surface area contributed by atoms with Gasteiger partial charge in [0.1, 0.15) is 23.9 Å². The van der Waals surface area contributed by atoms with E-state index in [-0.39, 0.29) is 13.3 Å². The van der Waals surface area contributed by atoms with Gasteiger partial charge in [-0.05, 0) is 18.2 Å². The second kappa shape index (κ2) is 8.49. The average Bonchev–Trinajstić information content (AvgIpc) is 3.40. The summed E-state index contributed by atoms with van der Waals surface area (Å²) in [5.41, 5.74) is 0.567. The van der Waals surface area contributed by atoms with Crippen molar-refractivity contribution in [2.75, 3.05) is 20.4 Å². The monoisotopic (exact) mass is 460 g/mol. The number of rotatable bonds is 4. The van der Waals surface area contributed by atoms with E-state index in [9.17, 15) is 9.59 Å². The zero-order valence-corrected chi connectivity index (χ0v) is 18.4. The van der Waals surface area contributed by atoms with Crippen LogP contribution in [0.15, 0.2) is 40.9 Å². The van der Waals surface area contributed by atoms with E-state index in [1.54, 1.807) is 26.2 Å². The second-order valence-corrected chi connectivity index (χ2v) is 7.86. The number of aromatic nitrogens is 3. The molecule has 5 rings (SSSR count).